The SMILES string of the molecule is Cc1c(O)cc(F)c(C(C)(C)C)c1F. The Morgan fingerprint density at radius 2 is 1.71 bits per heavy atom. The van der Waals surface area contributed by atoms with E-state index < -0.39 is 17.0 Å². The third-order valence-electron chi connectivity index (χ3n) is 2.19. The zero-order chi connectivity index (χ0) is 11.1. The third kappa shape index (κ3) is 1.72. The molecule has 0 saturated heterocycles. The predicted molar refractivity (Wildman–Crippen MR) is 51.5 cm³/mol. The molecule has 1 aromatic rings. The Morgan fingerprint density at radius 3 is 2.14 bits per heavy atom. The molecule has 0 spiro atoms. The van der Waals surface area contributed by atoms with Gasteiger partial charge in [0, 0.05) is 17.2 Å². The maximum absolute atomic E-state index is 13.6. The van der Waals surface area contributed by atoms with E-state index in [1.165, 1.54) is 6.92 Å². The third-order valence-corrected chi connectivity index (χ3v) is 2.19. The first-order chi connectivity index (χ1) is 6.25. The van der Waals surface area contributed by atoms with Gasteiger partial charge in [-0.3, -0.25) is 0 Å². The van der Waals surface area contributed by atoms with Gasteiger partial charge in [-0.25, -0.2) is 8.78 Å². The molecule has 1 nitrogen and oxygen atoms in total. The topological polar surface area (TPSA) is 20.2 Å². The van der Waals surface area contributed by atoms with Crippen molar-refractivity contribution in [1.82, 2.24) is 0 Å². The van der Waals surface area contributed by atoms with E-state index in [0.29, 0.717) is 0 Å². The van der Waals surface area contributed by atoms with Crippen LogP contribution < -0.4 is 0 Å². The monoisotopic (exact) mass is 200 g/mol. The summed E-state index contributed by atoms with van der Waals surface area (Å²) in [5.74, 6) is -1.69. The maximum Gasteiger partial charge on any atom is 0.136 e. The Morgan fingerprint density at radius 1 is 1.21 bits per heavy atom. The number of benzene rings is 1. The second kappa shape index (κ2) is 3.23. The van der Waals surface area contributed by atoms with Crippen LogP contribution in [0.5, 0.6) is 5.75 Å². The average molecular weight is 200 g/mol. The van der Waals surface area contributed by atoms with E-state index in [0.717, 1.165) is 6.07 Å². The quantitative estimate of drug-likeness (QED) is 0.681. The van der Waals surface area contributed by atoms with Crippen LogP contribution in [0.2, 0.25) is 0 Å². The largest absolute Gasteiger partial charge is 0.507 e. The first kappa shape index (κ1) is 11.0. The minimum Gasteiger partial charge on any atom is -0.507 e. The summed E-state index contributed by atoms with van der Waals surface area (Å²) in [6, 6.07) is 0.957. The van der Waals surface area contributed by atoms with Crippen LogP contribution in [0.25, 0.3) is 0 Å². The molecule has 1 N–H and O–H groups in total. The molecule has 1 aromatic carbocycles. The summed E-state index contributed by atoms with van der Waals surface area (Å²) in [5.41, 5.74) is -0.490. The van der Waals surface area contributed by atoms with Crippen molar-refractivity contribution in [3.05, 3.63) is 28.8 Å². The van der Waals surface area contributed by atoms with E-state index >= 15 is 0 Å². The first-order valence-electron chi connectivity index (χ1n) is 4.43. The Balaban J connectivity index is 3.53. The van der Waals surface area contributed by atoms with Crippen molar-refractivity contribution in [3.8, 4) is 5.75 Å². The van der Waals surface area contributed by atoms with Crippen LogP contribution in [-0.2, 0) is 5.41 Å². The first-order valence-corrected chi connectivity index (χ1v) is 4.43. The van der Waals surface area contributed by atoms with Crippen molar-refractivity contribution in [1.29, 1.82) is 0 Å². The molecule has 0 atom stereocenters. The molecule has 1 rings (SSSR count). The van der Waals surface area contributed by atoms with Crippen molar-refractivity contribution in [2.24, 2.45) is 0 Å². The number of phenols is 1. The fraction of sp³-hybridized carbons (Fsp3) is 0.455. The zero-order valence-electron chi connectivity index (χ0n) is 8.78. The highest BCUT2D eigenvalue weighted by Crippen LogP contribution is 2.33. The standard InChI is InChI=1S/C11H14F2O/c1-6-8(14)5-7(12)9(10(6)13)11(2,3)4/h5,14H,1-4H3. The van der Waals surface area contributed by atoms with Gasteiger partial charge < -0.3 is 5.11 Å². The van der Waals surface area contributed by atoms with Crippen LogP contribution in [0, 0.1) is 18.6 Å². The van der Waals surface area contributed by atoms with E-state index in [9.17, 15) is 13.9 Å². The minimum atomic E-state index is -0.696. The van der Waals surface area contributed by atoms with E-state index in [1.807, 2.05) is 0 Å². The molecule has 0 radical (unpaired) electrons. The van der Waals surface area contributed by atoms with Gasteiger partial charge in [-0.15, -0.1) is 0 Å². The molecule has 3 heteroatoms. The van der Waals surface area contributed by atoms with Gasteiger partial charge in [0.05, 0.1) is 0 Å². The number of phenolic OH excluding ortho intramolecular Hbond substituents is 1. The van der Waals surface area contributed by atoms with Crippen molar-refractivity contribution >= 4 is 0 Å². The van der Waals surface area contributed by atoms with Crippen LogP contribution in [0.1, 0.15) is 31.9 Å². The normalized spacial score (nSPS) is 11.9. The molecule has 0 aliphatic rings. The van der Waals surface area contributed by atoms with E-state index in [-0.39, 0.29) is 16.9 Å². The summed E-state index contributed by atoms with van der Waals surface area (Å²) in [6.45, 7) is 6.61. The fourth-order valence-corrected chi connectivity index (χ4v) is 1.39. The highest BCUT2D eigenvalue weighted by atomic mass is 19.1. The van der Waals surface area contributed by atoms with E-state index in [1.54, 1.807) is 20.8 Å². The summed E-state index contributed by atoms with van der Waals surface area (Å²) in [6.07, 6.45) is 0. The highest BCUT2D eigenvalue weighted by Gasteiger charge is 2.25. The molecular formula is C11H14F2O. The van der Waals surface area contributed by atoms with E-state index in [4.69, 9.17) is 0 Å². The van der Waals surface area contributed by atoms with Gasteiger partial charge in [0.15, 0.2) is 0 Å². The number of hydrogen-bond acceptors (Lipinski definition) is 1. The smallest absolute Gasteiger partial charge is 0.136 e. The summed E-state index contributed by atoms with van der Waals surface area (Å²) in [7, 11) is 0. The molecule has 14 heavy (non-hydrogen) atoms. The molecule has 0 amide bonds. The van der Waals surface area contributed by atoms with Gasteiger partial charge in [-0.05, 0) is 12.3 Å². The lowest BCUT2D eigenvalue weighted by molar-refractivity contribution is 0.432. The highest BCUT2D eigenvalue weighted by molar-refractivity contribution is 5.40. The van der Waals surface area contributed by atoms with Crippen molar-refractivity contribution in [2.75, 3.05) is 0 Å². The van der Waals surface area contributed by atoms with Crippen molar-refractivity contribution in [2.45, 2.75) is 33.1 Å². The van der Waals surface area contributed by atoms with Crippen LogP contribution in [0.4, 0.5) is 8.78 Å². The summed E-state index contributed by atoms with van der Waals surface area (Å²) in [4.78, 5) is 0. The molecule has 0 saturated carbocycles. The van der Waals surface area contributed by atoms with Gasteiger partial charge in [0.25, 0.3) is 0 Å². The average Bonchev–Trinajstić information content (AvgIpc) is 1.97. The Kier molecular flexibility index (Phi) is 2.52. The van der Waals surface area contributed by atoms with Gasteiger partial charge in [-0.1, -0.05) is 20.8 Å². The number of halogens is 2. The number of hydrogen-bond donors (Lipinski definition) is 1. The zero-order valence-corrected chi connectivity index (χ0v) is 8.78. The lowest BCUT2D eigenvalue weighted by Crippen LogP contribution is -2.17. The Hall–Kier alpha value is -1.12. The second-order valence-electron chi connectivity index (χ2n) is 4.44. The summed E-state index contributed by atoms with van der Waals surface area (Å²) < 4.78 is 27.0. The Labute approximate surface area is 82.4 Å². The van der Waals surface area contributed by atoms with Crippen LogP contribution >= 0.6 is 0 Å². The summed E-state index contributed by atoms with van der Waals surface area (Å²) in [5, 5.41) is 9.19. The molecule has 0 aliphatic carbocycles. The lowest BCUT2D eigenvalue weighted by atomic mass is 9.85. The van der Waals surface area contributed by atoms with Crippen molar-refractivity contribution in [3.63, 3.8) is 0 Å². The molecular weight excluding hydrogens is 186 g/mol. The van der Waals surface area contributed by atoms with Gasteiger partial charge in [0.1, 0.15) is 17.4 Å². The molecule has 0 bridgehead atoms. The molecule has 0 aromatic heterocycles. The van der Waals surface area contributed by atoms with Gasteiger partial charge in [-0.2, -0.15) is 0 Å². The fourth-order valence-electron chi connectivity index (χ4n) is 1.39. The van der Waals surface area contributed by atoms with Gasteiger partial charge >= 0.3 is 0 Å². The molecule has 0 unspecified atom stereocenters. The predicted octanol–water partition coefficient (Wildman–Crippen LogP) is 3.28. The van der Waals surface area contributed by atoms with Crippen LogP contribution in [-0.4, -0.2) is 5.11 Å². The molecule has 78 valence electrons. The summed E-state index contributed by atoms with van der Waals surface area (Å²) >= 11 is 0. The van der Waals surface area contributed by atoms with Gasteiger partial charge in [0.2, 0.25) is 0 Å². The molecule has 0 heterocycles. The number of rotatable bonds is 0. The second-order valence-corrected chi connectivity index (χ2v) is 4.44. The minimum absolute atomic E-state index is 0.0211. The maximum atomic E-state index is 13.6. The Bertz CT molecular complexity index is 365. The lowest BCUT2D eigenvalue weighted by Gasteiger charge is -2.21. The molecule has 0 fully saturated rings. The molecule has 0 aliphatic heterocycles. The number of aromatic hydroxyl groups is 1. The van der Waals surface area contributed by atoms with Crippen molar-refractivity contribution < 1.29 is 13.9 Å². The van der Waals surface area contributed by atoms with E-state index in [2.05, 4.69) is 0 Å². The van der Waals surface area contributed by atoms with Crippen LogP contribution in [0.15, 0.2) is 6.07 Å². The van der Waals surface area contributed by atoms with Crippen LogP contribution in [0.3, 0.4) is 0 Å².